The van der Waals surface area contributed by atoms with E-state index in [-0.39, 0.29) is 0 Å². The zero-order valence-electron chi connectivity index (χ0n) is 7.74. The molecular weight excluding hydrogens is 158 g/mol. The molecule has 0 spiro atoms. The number of hydrogen-bond acceptors (Lipinski definition) is 1. The van der Waals surface area contributed by atoms with Crippen molar-refractivity contribution in [2.75, 3.05) is 0 Å². The molecule has 1 nitrogen and oxygen atoms in total. The number of nitrogens with two attached hydrogens (primary N) is 1. The summed E-state index contributed by atoms with van der Waals surface area (Å²) in [7, 11) is 0. The van der Waals surface area contributed by atoms with Gasteiger partial charge in [-0.25, -0.2) is 0 Å². The Morgan fingerprint density at radius 1 is 0.923 bits per heavy atom. The molecule has 0 aliphatic heterocycles. The lowest BCUT2D eigenvalue weighted by atomic mass is 9.84. The lowest BCUT2D eigenvalue weighted by molar-refractivity contribution is 0.385. The van der Waals surface area contributed by atoms with E-state index < -0.39 is 0 Å². The predicted molar refractivity (Wildman–Crippen MR) is 53.8 cm³/mol. The van der Waals surface area contributed by atoms with Crippen LogP contribution in [0.25, 0.3) is 0 Å². The Balaban J connectivity index is 2.09. The molecule has 1 unspecified atom stereocenters. The molecule has 0 aromatic heterocycles. The highest BCUT2D eigenvalue weighted by molar-refractivity contribution is 5.40. The topological polar surface area (TPSA) is 26.0 Å². The maximum Gasteiger partial charge on any atom is 0.00504 e. The third-order valence-electron chi connectivity index (χ3n) is 3.62. The van der Waals surface area contributed by atoms with E-state index in [2.05, 4.69) is 24.3 Å². The second-order valence-corrected chi connectivity index (χ2v) is 4.49. The fourth-order valence-electron chi connectivity index (χ4n) is 3.13. The van der Waals surface area contributed by atoms with Gasteiger partial charge in [-0.3, -0.25) is 0 Å². The van der Waals surface area contributed by atoms with Crippen molar-refractivity contribution in [3.63, 3.8) is 0 Å². The van der Waals surface area contributed by atoms with Crippen molar-refractivity contribution < 1.29 is 0 Å². The maximum absolute atomic E-state index is 6.03. The number of fused-ring (bicyclic) bond motifs is 5. The normalized spacial score (nSPS) is 35.9. The van der Waals surface area contributed by atoms with Gasteiger partial charge in [0.05, 0.1) is 0 Å². The Kier molecular flexibility index (Phi) is 1.50. The molecule has 3 rings (SSSR count). The van der Waals surface area contributed by atoms with Crippen LogP contribution in [0.4, 0.5) is 0 Å². The third kappa shape index (κ3) is 1.03. The molecule has 2 bridgehead atoms. The first-order chi connectivity index (χ1) is 6.34. The van der Waals surface area contributed by atoms with E-state index in [1.54, 1.807) is 11.1 Å². The van der Waals surface area contributed by atoms with Crippen molar-refractivity contribution in [2.24, 2.45) is 5.73 Å². The summed E-state index contributed by atoms with van der Waals surface area (Å²) < 4.78 is 0. The van der Waals surface area contributed by atoms with Gasteiger partial charge in [0.25, 0.3) is 0 Å². The predicted octanol–water partition coefficient (Wildman–Crippen LogP) is 2.38. The molecule has 1 aromatic rings. The quantitative estimate of drug-likeness (QED) is 0.640. The molecule has 0 saturated heterocycles. The molecule has 13 heavy (non-hydrogen) atoms. The highest BCUT2D eigenvalue weighted by Gasteiger charge is 2.36. The SMILES string of the molecule is NC1C[C@@H]2C[C@H](C1)c1ccccc12. The second-order valence-electron chi connectivity index (χ2n) is 4.49. The first kappa shape index (κ1) is 7.57. The van der Waals surface area contributed by atoms with E-state index in [1.165, 1.54) is 19.3 Å². The molecule has 0 heterocycles. The average molecular weight is 173 g/mol. The van der Waals surface area contributed by atoms with Crippen LogP contribution in [0.1, 0.15) is 42.2 Å². The van der Waals surface area contributed by atoms with E-state index in [0.29, 0.717) is 6.04 Å². The summed E-state index contributed by atoms with van der Waals surface area (Å²) in [6, 6.07) is 9.34. The van der Waals surface area contributed by atoms with Gasteiger partial charge >= 0.3 is 0 Å². The molecule has 1 aromatic carbocycles. The minimum Gasteiger partial charge on any atom is -0.328 e. The standard InChI is InChI=1S/C12H15N/c13-10-6-8-5-9(7-10)12-4-2-1-3-11(8)12/h1-4,8-10H,5-7,13H2/t8-,9+,10?. The van der Waals surface area contributed by atoms with Crippen molar-refractivity contribution in [2.45, 2.75) is 37.1 Å². The molecule has 0 radical (unpaired) electrons. The number of benzene rings is 1. The fourth-order valence-corrected chi connectivity index (χ4v) is 3.13. The number of rotatable bonds is 0. The maximum atomic E-state index is 6.03. The Morgan fingerprint density at radius 2 is 1.46 bits per heavy atom. The average Bonchev–Trinajstić information content (AvgIpc) is 2.41. The van der Waals surface area contributed by atoms with E-state index in [1.807, 2.05) is 0 Å². The van der Waals surface area contributed by atoms with Crippen molar-refractivity contribution >= 4 is 0 Å². The van der Waals surface area contributed by atoms with Crippen molar-refractivity contribution in [1.82, 2.24) is 0 Å². The van der Waals surface area contributed by atoms with Gasteiger partial charge in [0.15, 0.2) is 0 Å². The van der Waals surface area contributed by atoms with Gasteiger partial charge in [0.1, 0.15) is 0 Å². The minimum atomic E-state index is 0.441. The highest BCUT2D eigenvalue weighted by Crippen LogP contribution is 2.49. The second kappa shape index (κ2) is 2.58. The van der Waals surface area contributed by atoms with E-state index >= 15 is 0 Å². The van der Waals surface area contributed by atoms with Crippen LogP contribution in [0.5, 0.6) is 0 Å². The van der Waals surface area contributed by atoms with Crippen molar-refractivity contribution in [3.8, 4) is 0 Å². The summed E-state index contributed by atoms with van der Waals surface area (Å²) in [5.74, 6) is 1.54. The zero-order chi connectivity index (χ0) is 8.84. The molecule has 1 heteroatoms. The molecule has 1 saturated carbocycles. The van der Waals surface area contributed by atoms with Gasteiger partial charge in [0, 0.05) is 6.04 Å². The Bertz CT molecular complexity index is 297. The first-order valence-electron chi connectivity index (χ1n) is 5.19. The van der Waals surface area contributed by atoms with Gasteiger partial charge in [-0.05, 0) is 42.2 Å². The summed E-state index contributed by atoms with van der Waals surface area (Å²) in [5, 5.41) is 0. The molecule has 0 amide bonds. The monoisotopic (exact) mass is 173 g/mol. The van der Waals surface area contributed by atoms with Crippen LogP contribution in [0.2, 0.25) is 0 Å². The minimum absolute atomic E-state index is 0.441. The third-order valence-corrected chi connectivity index (χ3v) is 3.62. The van der Waals surface area contributed by atoms with E-state index in [9.17, 15) is 0 Å². The smallest absolute Gasteiger partial charge is 0.00504 e. The first-order valence-corrected chi connectivity index (χ1v) is 5.19. The van der Waals surface area contributed by atoms with Gasteiger partial charge < -0.3 is 5.73 Å². The van der Waals surface area contributed by atoms with E-state index in [4.69, 9.17) is 5.73 Å². The van der Waals surface area contributed by atoms with Crippen LogP contribution in [0, 0.1) is 0 Å². The van der Waals surface area contributed by atoms with Gasteiger partial charge in [-0.2, -0.15) is 0 Å². The largest absolute Gasteiger partial charge is 0.328 e. The van der Waals surface area contributed by atoms with Crippen LogP contribution in [-0.2, 0) is 0 Å². The van der Waals surface area contributed by atoms with Gasteiger partial charge in [0.2, 0.25) is 0 Å². The van der Waals surface area contributed by atoms with Crippen LogP contribution < -0.4 is 5.73 Å². The molecule has 2 N–H and O–H groups in total. The summed E-state index contributed by atoms with van der Waals surface area (Å²) in [5.41, 5.74) is 9.20. The molecule has 2 aliphatic rings. The summed E-state index contributed by atoms with van der Waals surface area (Å²) in [6.45, 7) is 0. The highest BCUT2D eigenvalue weighted by atomic mass is 14.7. The lowest BCUT2D eigenvalue weighted by Crippen LogP contribution is -2.27. The summed E-state index contributed by atoms with van der Waals surface area (Å²) >= 11 is 0. The van der Waals surface area contributed by atoms with Crippen LogP contribution in [0.3, 0.4) is 0 Å². The Hall–Kier alpha value is -0.820. The summed E-state index contributed by atoms with van der Waals surface area (Å²) in [6.07, 6.45) is 3.76. The van der Waals surface area contributed by atoms with Crippen LogP contribution in [0.15, 0.2) is 24.3 Å². The van der Waals surface area contributed by atoms with E-state index in [0.717, 1.165) is 11.8 Å². The van der Waals surface area contributed by atoms with Gasteiger partial charge in [-0.15, -0.1) is 0 Å². The van der Waals surface area contributed by atoms with Gasteiger partial charge in [-0.1, -0.05) is 24.3 Å². The zero-order valence-corrected chi connectivity index (χ0v) is 7.74. The lowest BCUT2D eigenvalue weighted by Gasteiger charge is -2.24. The fraction of sp³-hybridized carbons (Fsp3) is 0.500. The molecule has 3 atom stereocenters. The van der Waals surface area contributed by atoms with Crippen LogP contribution >= 0.6 is 0 Å². The van der Waals surface area contributed by atoms with Crippen LogP contribution in [-0.4, -0.2) is 6.04 Å². The Labute approximate surface area is 78.9 Å². The molecule has 68 valence electrons. The summed E-state index contributed by atoms with van der Waals surface area (Å²) in [4.78, 5) is 0. The molecule has 1 fully saturated rings. The molecular formula is C12H15N. The Morgan fingerprint density at radius 3 is 2.00 bits per heavy atom. The van der Waals surface area contributed by atoms with Crippen molar-refractivity contribution in [1.29, 1.82) is 0 Å². The number of hydrogen-bond donors (Lipinski definition) is 1. The van der Waals surface area contributed by atoms with Crippen molar-refractivity contribution in [3.05, 3.63) is 35.4 Å². The molecule has 2 aliphatic carbocycles.